The Morgan fingerprint density at radius 3 is 2.69 bits per heavy atom. The van der Waals surface area contributed by atoms with Crippen LogP contribution in [0.3, 0.4) is 0 Å². The van der Waals surface area contributed by atoms with Gasteiger partial charge in [0, 0.05) is 38.8 Å². The second-order valence-corrected chi connectivity index (χ2v) is 10.7. The topological polar surface area (TPSA) is 60.4 Å². The summed E-state index contributed by atoms with van der Waals surface area (Å²) in [5.74, 6) is 1.54. The van der Waals surface area contributed by atoms with Crippen molar-refractivity contribution >= 4 is 0 Å². The quantitative estimate of drug-likeness (QED) is 0.491. The molecule has 6 nitrogen and oxygen atoms in total. The molecule has 2 aliphatic heterocycles. The van der Waals surface area contributed by atoms with Gasteiger partial charge in [-0.3, -0.25) is 4.90 Å². The largest absolute Gasteiger partial charge is 0.490 e. The second kappa shape index (κ2) is 7.33. The van der Waals surface area contributed by atoms with Crippen LogP contribution in [0.1, 0.15) is 63.0 Å². The van der Waals surface area contributed by atoms with E-state index in [0.717, 1.165) is 56.2 Å². The number of nitrogens with zero attached hydrogens (tertiary/aromatic N) is 1. The van der Waals surface area contributed by atoms with Crippen molar-refractivity contribution in [2.45, 2.75) is 87.2 Å². The first-order valence-electron chi connectivity index (χ1n) is 12.6. The Hall–Kier alpha value is -1.34. The molecule has 1 aromatic rings. The van der Waals surface area contributed by atoms with Crippen LogP contribution in [0, 0.1) is 5.92 Å². The van der Waals surface area contributed by atoms with Crippen LogP contribution in [0.2, 0.25) is 0 Å². The summed E-state index contributed by atoms with van der Waals surface area (Å²) in [5, 5.41) is 12.6. The molecule has 1 saturated heterocycles. The molecule has 0 amide bonds. The van der Waals surface area contributed by atoms with Gasteiger partial charge >= 0.3 is 0 Å². The van der Waals surface area contributed by atoms with Crippen LogP contribution in [-0.2, 0) is 21.3 Å². The van der Waals surface area contributed by atoms with Gasteiger partial charge in [0.2, 0.25) is 5.79 Å². The lowest BCUT2D eigenvalue weighted by molar-refractivity contribution is -0.319. The number of unbranched alkanes of at least 4 members (excludes halogenated alkanes) is 1. The molecule has 1 N–H and O–H groups in total. The van der Waals surface area contributed by atoms with Crippen LogP contribution in [-0.4, -0.2) is 67.5 Å². The van der Waals surface area contributed by atoms with Crippen LogP contribution in [0.4, 0.5) is 0 Å². The third-order valence-corrected chi connectivity index (χ3v) is 9.20. The summed E-state index contributed by atoms with van der Waals surface area (Å²) < 4.78 is 25.1. The molecule has 0 unspecified atom stereocenters. The smallest absolute Gasteiger partial charge is 0.206 e. The first-order valence-corrected chi connectivity index (χ1v) is 12.6. The normalized spacial score (nSPS) is 36.5. The minimum absolute atomic E-state index is 0.111. The molecular formula is C26H37NO5. The second-order valence-electron chi connectivity index (χ2n) is 10.7. The van der Waals surface area contributed by atoms with Crippen molar-refractivity contribution in [3.8, 4) is 11.5 Å². The lowest BCUT2D eigenvalue weighted by Crippen LogP contribution is -2.79. The van der Waals surface area contributed by atoms with Crippen molar-refractivity contribution < 1.29 is 24.1 Å². The Balaban J connectivity index is 1.50. The molecule has 2 saturated carbocycles. The van der Waals surface area contributed by atoms with Crippen LogP contribution in [0.5, 0.6) is 11.5 Å². The average Bonchev–Trinajstić information content (AvgIpc) is 3.54. The molecule has 0 radical (unpaired) electrons. The van der Waals surface area contributed by atoms with Crippen molar-refractivity contribution in [1.82, 2.24) is 4.90 Å². The standard InChI is InChI=1S/C26H37NO5/c1-4-5-14-31-19-9-8-18-15-20-25(28)10-11-26(29-2,30-3)23-24(25,21(18)22(19)32-23)12-13-27(20)16-17-6-7-17/h8-9,17,20,23,28H,4-7,10-16H2,1-3H3/t20-,23-,24+,25-/m1/s1. The third-order valence-electron chi connectivity index (χ3n) is 9.20. The van der Waals surface area contributed by atoms with E-state index in [4.69, 9.17) is 18.9 Å². The summed E-state index contributed by atoms with van der Waals surface area (Å²) in [6.45, 7) is 4.92. The van der Waals surface area contributed by atoms with E-state index >= 15 is 0 Å². The van der Waals surface area contributed by atoms with E-state index in [0.29, 0.717) is 19.4 Å². The van der Waals surface area contributed by atoms with Gasteiger partial charge in [0.15, 0.2) is 17.6 Å². The Kier molecular flexibility index (Phi) is 4.86. The van der Waals surface area contributed by atoms with E-state index in [9.17, 15) is 5.11 Å². The van der Waals surface area contributed by atoms with E-state index in [-0.39, 0.29) is 12.1 Å². The molecule has 0 aromatic heterocycles. The molecule has 3 fully saturated rings. The van der Waals surface area contributed by atoms with E-state index in [1.807, 2.05) is 0 Å². The number of piperidine rings is 1. The van der Waals surface area contributed by atoms with Gasteiger partial charge in [-0.2, -0.15) is 0 Å². The van der Waals surface area contributed by atoms with Crippen LogP contribution in [0.15, 0.2) is 12.1 Å². The molecule has 2 bridgehead atoms. The molecule has 3 aliphatic carbocycles. The molecule has 1 aromatic carbocycles. The van der Waals surface area contributed by atoms with Gasteiger partial charge in [0.05, 0.1) is 17.6 Å². The number of benzene rings is 1. The number of ether oxygens (including phenoxy) is 4. The number of hydrogen-bond donors (Lipinski definition) is 1. The fraction of sp³-hybridized carbons (Fsp3) is 0.769. The molecule has 6 rings (SSSR count). The molecular weight excluding hydrogens is 406 g/mol. The first kappa shape index (κ1) is 21.2. The highest BCUT2D eigenvalue weighted by molar-refractivity contribution is 5.63. The van der Waals surface area contributed by atoms with Crippen molar-refractivity contribution in [3.05, 3.63) is 23.3 Å². The molecule has 176 valence electrons. The zero-order valence-corrected chi connectivity index (χ0v) is 19.7. The summed E-state index contributed by atoms with van der Waals surface area (Å²) in [7, 11) is 3.41. The minimum atomic E-state index is -0.871. The highest BCUT2D eigenvalue weighted by Crippen LogP contribution is 2.67. The van der Waals surface area contributed by atoms with E-state index in [1.165, 1.54) is 24.0 Å². The maximum Gasteiger partial charge on any atom is 0.206 e. The van der Waals surface area contributed by atoms with Gasteiger partial charge in [-0.15, -0.1) is 0 Å². The summed E-state index contributed by atoms with van der Waals surface area (Å²) in [6, 6.07) is 4.40. The number of methoxy groups -OCH3 is 2. The Morgan fingerprint density at radius 2 is 1.97 bits per heavy atom. The van der Waals surface area contributed by atoms with Gasteiger partial charge in [-0.05, 0) is 62.6 Å². The van der Waals surface area contributed by atoms with Gasteiger partial charge < -0.3 is 24.1 Å². The molecule has 4 atom stereocenters. The van der Waals surface area contributed by atoms with Gasteiger partial charge in [0.1, 0.15) is 0 Å². The number of likely N-dealkylation sites (tertiary alicyclic amines) is 1. The fourth-order valence-corrected chi connectivity index (χ4v) is 7.37. The highest BCUT2D eigenvalue weighted by Gasteiger charge is 2.76. The van der Waals surface area contributed by atoms with Crippen molar-refractivity contribution in [1.29, 1.82) is 0 Å². The first-order chi connectivity index (χ1) is 15.5. The van der Waals surface area contributed by atoms with E-state index in [2.05, 4.69) is 24.0 Å². The van der Waals surface area contributed by atoms with E-state index in [1.54, 1.807) is 14.2 Å². The fourth-order valence-electron chi connectivity index (χ4n) is 7.37. The van der Waals surface area contributed by atoms with Crippen LogP contribution >= 0.6 is 0 Å². The molecule has 2 heterocycles. The Labute approximate surface area is 191 Å². The average molecular weight is 444 g/mol. The Bertz CT molecular complexity index is 896. The lowest BCUT2D eigenvalue weighted by Gasteiger charge is -2.65. The van der Waals surface area contributed by atoms with E-state index < -0.39 is 16.8 Å². The van der Waals surface area contributed by atoms with Crippen molar-refractivity contribution in [2.75, 3.05) is 33.9 Å². The zero-order valence-electron chi connectivity index (χ0n) is 19.7. The summed E-state index contributed by atoms with van der Waals surface area (Å²) in [6.07, 6.45) is 7.35. The maximum atomic E-state index is 12.6. The number of aliphatic hydroxyl groups is 1. The monoisotopic (exact) mass is 443 g/mol. The molecule has 5 aliphatic rings. The molecule has 1 spiro atoms. The predicted octanol–water partition coefficient (Wildman–Crippen LogP) is 3.42. The SMILES string of the molecule is CCCCOc1ccc2c3c1O[C@H]1C(OC)(OC)CC[C@@]4(O)[C@@H](C2)N(CC2CC2)CC[C@]314. The molecule has 6 heteroatoms. The van der Waals surface area contributed by atoms with Gasteiger partial charge in [-0.25, -0.2) is 0 Å². The highest BCUT2D eigenvalue weighted by atomic mass is 16.7. The molecule has 32 heavy (non-hydrogen) atoms. The van der Waals surface area contributed by atoms with Crippen LogP contribution in [0.25, 0.3) is 0 Å². The summed E-state index contributed by atoms with van der Waals surface area (Å²) in [4.78, 5) is 2.58. The van der Waals surface area contributed by atoms with Crippen molar-refractivity contribution in [2.24, 2.45) is 5.92 Å². The van der Waals surface area contributed by atoms with Gasteiger partial charge in [0.25, 0.3) is 0 Å². The summed E-state index contributed by atoms with van der Waals surface area (Å²) in [5.41, 5.74) is 1.07. The zero-order chi connectivity index (χ0) is 22.1. The lowest BCUT2D eigenvalue weighted by atomic mass is 9.48. The minimum Gasteiger partial charge on any atom is -0.490 e. The van der Waals surface area contributed by atoms with Crippen LogP contribution < -0.4 is 9.47 Å². The van der Waals surface area contributed by atoms with Gasteiger partial charge in [-0.1, -0.05) is 19.4 Å². The summed E-state index contributed by atoms with van der Waals surface area (Å²) >= 11 is 0. The van der Waals surface area contributed by atoms with Crippen molar-refractivity contribution in [3.63, 3.8) is 0 Å². The third kappa shape index (κ3) is 2.61. The predicted molar refractivity (Wildman–Crippen MR) is 120 cm³/mol. The maximum absolute atomic E-state index is 12.6. The number of hydrogen-bond acceptors (Lipinski definition) is 6. The number of rotatable bonds is 8. The Morgan fingerprint density at radius 1 is 1.16 bits per heavy atom.